The number of unbranched alkanes of at least 4 members (excludes halogenated alkanes) is 2. The molecule has 0 fully saturated rings. The van der Waals surface area contributed by atoms with E-state index in [-0.39, 0.29) is 0 Å². The highest BCUT2D eigenvalue weighted by atomic mass is 14.6. The fourth-order valence-corrected chi connectivity index (χ4v) is 0.533. The molecule has 0 unspecified atom stereocenters. The molecular weight excluding hydrogens is 146 g/mol. The van der Waals surface area contributed by atoms with Crippen molar-refractivity contribution in [2.75, 3.05) is 0 Å². The van der Waals surface area contributed by atoms with Crippen LogP contribution in [0.4, 0.5) is 0 Å². The van der Waals surface area contributed by atoms with E-state index < -0.39 is 0 Å². The maximum absolute atomic E-state index is 3.71. The van der Waals surface area contributed by atoms with E-state index in [2.05, 4.69) is 32.0 Å². The minimum absolute atomic E-state index is 0.944. The maximum atomic E-state index is 3.71. The quantitative estimate of drug-likeness (QED) is 0.562. The lowest BCUT2D eigenvalue weighted by molar-refractivity contribution is 0.772. The lowest BCUT2D eigenvalue weighted by Crippen LogP contribution is -1.68. The summed E-state index contributed by atoms with van der Waals surface area (Å²) >= 11 is 0. The summed E-state index contributed by atoms with van der Waals surface area (Å²) in [7, 11) is 0. The largest absolute Gasteiger partial charge is 0.265 e. The molecule has 0 aliphatic carbocycles. The Labute approximate surface area is 76.9 Å². The van der Waals surface area contributed by atoms with Gasteiger partial charge < -0.3 is 0 Å². The molecule has 70 valence electrons. The molecule has 0 aliphatic heterocycles. The van der Waals surface area contributed by atoms with Crippen molar-refractivity contribution >= 4 is 6.21 Å². The fourth-order valence-electron chi connectivity index (χ4n) is 0.533. The van der Waals surface area contributed by atoms with E-state index in [0.29, 0.717) is 0 Å². The number of hydrogen-bond donors (Lipinski definition) is 0. The predicted octanol–water partition coefficient (Wildman–Crippen LogP) is 3.97. The van der Waals surface area contributed by atoms with Crippen molar-refractivity contribution < 1.29 is 0 Å². The first kappa shape index (κ1) is 13.7. The summed E-state index contributed by atoms with van der Waals surface area (Å²) in [6.45, 7) is 13.3. The van der Waals surface area contributed by atoms with Crippen LogP contribution in [0.2, 0.25) is 0 Å². The summed E-state index contributed by atoms with van der Waals surface area (Å²) < 4.78 is 0. The molecule has 0 aromatic rings. The van der Waals surface area contributed by atoms with E-state index in [4.69, 9.17) is 0 Å². The molecule has 1 heteroatoms. The van der Waals surface area contributed by atoms with Crippen LogP contribution < -0.4 is 0 Å². The van der Waals surface area contributed by atoms with E-state index >= 15 is 0 Å². The van der Waals surface area contributed by atoms with Gasteiger partial charge in [-0.1, -0.05) is 46.3 Å². The Balaban J connectivity index is 0. The van der Waals surface area contributed by atoms with E-state index in [9.17, 15) is 0 Å². The fraction of sp³-hybridized carbons (Fsp3) is 0.545. The number of nitrogens with zero attached hydrogens (tertiary/aromatic N) is 1. The van der Waals surface area contributed by atoms with Crippen LogP contribution in [0.25, 0.3) is 0 Å². The zero-order chi connectivity index (χ0) is 9.82. The average molecular weight is 167 g/mol. The summed E-state index contributed by atoms with van der Waals surface area (Å²) in [6.07, 6.45) is 7.22. The van der Waals surface area contributed by atoms with Gasteiger partial charge in [0.25, 0.3) is 0 Å². The van der Waals surface area contributed by atoms with E-state index in [0.717, 1.165) is 5.57 Å². The van der Waals surface area contributed by atoms with Crippen LogP contribution >= 0.6 is 0 Å². The average Bonchev–Trinajstić information content (AvgIpc) is 2.03. The molecule has 0 heterocycles. The summed E-state index contributed by atoms with van der Waals surface area (Å²) in [4.78, 5) is 3.71. The van der Waals surface area contributed by atoms with Gasteiger partial charge in [-0.25, -0.2) is 0 Å². The first-order valence-electron chi connectivity index (χ1n) is 4.48. The summed E-state index contributed by atoms with van der Waals surface area (Å²) in [5.41, 5.74) is 0.944. The first-order valence-corrected chi connectivity index (χ1v) is 4.48. The number of allylic oxidation sites excluding steroid dienone is 1. The molecule has 0 aromatic heterocycles. The van der Waals surface area contributed by atoms with Gasteiger partial charge in [0.05, 0.1) is 0 Å². The number of aliphatic imine (C=N–C) groups is 1. The molecular formula is C11H21N. The molecule has 0 radical (unpaired) electrons. The van der Waals surface area contributed by atoms with Crippen LogP contribution in [0.5, 0.6) is 0 Å². The molecule has 0 atom stereocenters. The van der Waals surface area contributed by atoms with Gasteiger partial charge in [0.1, 0.15) is 0 Å². The van der Waals surface area contributed by atoms with Gasteiger partial charge in [-0.05, 0) is 12.5 Å². The van der Waals surface area contributed by atoms with Gasteiger partial charge in [0.15, 0.2) is 0 Å². The van der Waals surface area contributed by atoms with Crippen molar-refractivity contribution in [3.8, 4) is 0 Å². The second kappa shape index (κ2) is 12.8. The van der Waals surface area contributed by atoms with Crippen LogP contribution in [0.3, 0.4) is 0 Å². The van der Waals surface area contributed by atoms with Crippen LogP contribution in [-0.2, 0) is 0 Å². The van der Waals surface area contributed by atoms with Gasteiger partial charge in [-0.15, -0.1) is 0 Å². The van der Waals surface area contributed by atoms with Gasteiger partial charge >= 0.3 is 0 Å². The normalized spacial score (nSPS) is 8.92. The first-order chi connectivity index (χ1) is 5.68. The van der Waals surface area contributed by atoms with Gasteiger partial charge in [0, 0.05) is 12.4 Å². The highest BCUT2D eigenvalue weighted by molar-refractivity contribution is 5.76. The molecule has 1 nitrogen and oxygen atoms in total. The summed E-state index contributed by atoms with van der Waals surface area (Å²) in [5.74, 6) is 0. The standard InChI is InChI=1S/C6H9N.C5H12/c1-4-7-5-6(2)3;1-3-5-4-2/h4-5H,1-2H2,3H3;3-5H2,1-2H3. The Bertz CT molecular complexity index is 132. The monoisotopic (exact) mass is 167 g/mol. The molecule has 0 aromatic carbocycles. The summed E-state index contributed by atoms with van der Waals surface area (Å²) in [6, 6.07) is 0. The van der Waals surface area contributed by atoms with Gasteiger partial charge in [-0.2, -0.15) is 0 Å². The van der Waals surface area contributed by atoms with Crippen LogP contribution in [-0.4, -0.2) is 6.21 Å². The molecule has 12 heavy (non-hydrogen) atoms. The van der Waals surface area contributed by atoms with Crippen molar-refractivity contribution in [1.29, 1.82) is 0 Å². The molecule has 0 N–H and O–H groups in total. The third-order valence-electron chi connectivity index (χ3n) is 1.11. The third-order valence-corrected chi connectivity index (χ3v) is 1.11. The Morgan fingerprint density at radius 1 is 1.33 bits per heavy atom. The van der Waals surface area contributed by atoms with E-state index in [1.807, 2.05) is 6.92 Å². The molecule has 0 spiro atoms. The van der Waals surface area contributed by atoms with Crippen molar-refractivity contribution in [2.24, 2.45) is 4.99 Å². The predicted molar refractivity (Wildman–Crippen MR) is 58.7 cm³/mol. The second-order valence-corrected chi connectivity index (χ2v) is 2.66. The minimum Gasteiger partial charge on any atom is -0.265 e. The molecule has 0 saturated carbocycles. The maximum Gasteiger partial charge on any atom is 0.0290 e. The Kier molecular flexibility index (Phi) is 14.6. The highest BCUT2D eigenvalue weighted by Crippen LogP contribution is 1.88. The molecule has 0 aliphatic rings. The highest BCUT2D eigenvalue weighted by Gasteiger charge is 1.68. The van der Waals surface area contributed by atoms with Crippen LogP contribution in [0, 0.1) is 0 Å². The smallest absolute Gasteiger partial charge is 0.0290 e. The van der Waals surface area contributed by atoms with E-state index in [1.54, 1.807) is 6.21 Å². The lowest BCUT2D eigenvalue weighted by atomic mass is 10.3. The van der Waals surface area contributed by atoms with Crippen LogP contribution in [0.1, 0.15) is 40.0 Å². The number of hydrogen-bond acceptors (Lipinski definition) is 1. The Morgan fingerprint density at radius 3 is 1.92 bits per heavy atom. The second-order valence-electron chi connectivity index (χ2n) is 2.66. The van der Waals surface area contributed by atoms with Crippen molar-refractivity contribution in [1.82, 2.24) is 0 Å². The van der Waals surface area contributed by atoms with Crippen molar-refractivity contribution in [3.63, 3.8) is 0 Å². The summed E-state index contributed by atoms with van der Waals surface area (Å²) in [5, 5.41) is 0. The number of rotatable bonds is 4. The zero-order valence-electron chi connectivity index (χ0n) is 8.64. The zero-order valence-corrected chi connectivity index (χ0v) is 8.64. The van der Waals surface area contributed by atoms with Gasteiger partial charge in [0.2, 0.25) is 0 Å². The SMILES string of the molecule is C=CN=CC(=C)C.CCCCC. The topological polar surface area (TPSA) is 12.4 Å². The molecule has 0 amide bonds. The third kappa shape index (κ3) is 22.9. The molecule has 0 bridgehead atoms. The van der Waals surface area contributed by atoms with Crippen LogP contribution in [0.15, 0.2) is 29.9 Å². The minimum atomic E-state index is 0.944. The Hall–Kier alpha value is -0.850. The lowest BCUT2D eigenvalue weighted by Gasteiger charge is -1.79. The Morgan fingerprint density at radius 2 is 1.83 bits per heavy atom. The molecule has 0 saturated heterocycles. The van der Waals surface area contributed by atoms with Crippen molar-refractivity contribution in [3.05, 3.63) is 24.9 Å². The van der Waals surface area contributed by atoms with Crippen molar-refractivity contribution in [2.45, 2.75) is 40.0 Å². The van der Waals surface area contributed by atoms with E-state index in [1.165, 1.54) is 25.5 Å². The van der Waals surface area contributed by atoms with Gasteiger partial charge in [-0.3, -0.25) is 4.99 Å². The molecule has 0 rings (SSSR count).